The topological polar surface area (TPSA) is 69.7 Å². The van der Waals surface area contributed by atoms with E-state index in [9.17, 15) is 14.4 Å². The minimum absolute atomic E-state index is 0.0575. The van der Waals surface area contributed by atoms with Gasteiger partial charge in [0.25, 0.3) is 5.91 Å². The van der Waals surface area contributed by atoms with E-state index < -0.39 is 0 Å². The van der Waals surface area contributed by atoms with Gasteiger partial charge in [-0.15, -0.1) is 0 Å². The van der Waals surface area contributed by atoms with E-state index in [1.807, 2.05) is 12.1 Å². The minimum Gasteiger partial charge on any atom is -0.358 e. The fourth-order valence-corrected chi connectivity index (χ4v) is 2.82. The average molecular weight is 287 g/mol. The third-order valence-electron chi connectivity index (χ3n) is 3.97. The second-order valence-corrected chi connectivity index (χ2v) is 5.32. The largest absolute Gasteiger partial charge is 0.358 e. The highest BCUT2D eigenvalue weighted by atomic mass is 16.2. The van der Waals surface area contributed by atoms with E-state index in [1.165, 1.54) is 4.90 Å². The molecule has 1 saturated heterocycles. The van der Waals surface area contributed by atoms with Crippen molar-refractivity contribution in [1.29, 1.82) is 0 Å². The molecule has 3 amide bonds. The molecule has 0 aromatic heterocycles. The Hall–Kier alpha value is -2.37. The smallest absolute Gasteiger partial charge is 0.255 e. The summed E-state index contributed by atoms with van der Waals surface area (Å²) in [7, 11) is 1.55. The second-order valence-electron chi connectivity index (χ2n) is 5.32. The molecule has 0 saturated carbocycles. The van der Waals surface area contributed by atoms with Crippen LogP contribution in [0.15, 0.2) is 18.2 Å². The molecule has 1 aromatic rings. The van der Waals surface area contributed by atoms with E-state index >= 15 is 0 Å². The lowest BCUT2D eigenvalue weighted by Gasteiger charge is -2.16. The van der Waals surface area contributed by atoms with Crippen LogP contribution in [0.5, 0.6) is 0 Å². The van der Waals surface area contributed by atoms with Crippen LogP contribution in [0.4, 0.5) is 5.69 Å². The van der Waals surface area contributed by atoms with Crippen LogP contribution in [-0.4, -0.2) is 42.8 Å². The zero-order valence-electron chi connectivity index (χ0n) is 11.9. The predicted octanol–water partition coefficient (Wildman–Crippen LogP) is 0.515. The van der Waals surface area contributed by atoms with Gasteiger partial charge in [0.1, 0.15) is 6.54 Å². The number of likely N-dealkylation sites (N-methyl/N-ethyl adjacent to an activating group) is 1. The van der Waals surface area contributed by atoms with Crippen LogP contribution in [-0.2, 0) is 16.1 Å². The highest BCUT2D eigenvalue weighted by molar-refractivity contribution is 6.02. The van der Waals surface area contributed by atoms with Crippen molar-refractivity contribution in [3.63, 3.8) is 0 Å². The first-order valence-electron chi connectivity index (χ1n) is 7.03. The molecule has 1 N–H and O–H groups in total. The lowest BCUT2D eigenvalue weighted by atomic mass is 10.1. The molecule has 21 heavy (non-hydrogen) atoms. The summed E-state index contributed by atoms with van der Waals surface area (Å²) in [5.74, 6) is -0.240. The van der Waals surface area contributed by atoms with Gasteiger partial charge < -0.3 is 15.1 Å². The highest BCUT2D eigenvalue weighted by Crippen LogP contribution is 2.29. The Morgan fingerprint density at radius 3 is 2.81 bits per heavy atom. The van der Waals surface area contributed by atoms with Crippen LogP contribution in [0, 0.1) is 0 Å². The van der Waals surface area contributed by atoms with Gasteiger partial charge in [0.2, 0.25) is 11.8 Å². The molecule has 2 aliphatic heterocycles. The van der Waals surface area contributed by atoms with Crippen molar-refractivity contribution in [2.24, 2.45) is 0 Å². The van der Waals surface area contributed by atoms with Gasteiger partial charge in [0.15, 0.2) is 0 Å². The third kappa shape index (κ3) is 2.37. The van der Waals surface area contributed by atoms with Gasteiger partial charge in [0.05, 0.1) is 0 Å². The molecule has 0 atom stereocenters. The number of nitrogens with one attached hydrogen (secondary N) is 1. The van der Waals surface area contributed by atoms with Crippen molar-refractivity contribution < 1.29 is 14.4 Å². The highest BCUT2D eigenvalue weighted by Gasteiger charge is 2.30. The van der Waals surface area contributed by atoms with Crippen molar-refractivity contribution in [2.45, 2.75) is 19.4 Å². The summed E-state index contributed by atoms with van der Waals surface area (Å²) in [6.07, 6.45) is 1.42. The molecule has 0 bridgehead atoms. The summed E-state index contributed by atoms with van der Waals surface area (Å²) in [5.41, 5.74) is 2.27. The Morgan fingerprint density at radius 1 is 1.33 bits per heavy atom. The number of benzene rings is 1. The number of anilines is 1. The van der Waals surface area contributed by atoms with Crippen LogP contribution in [0.2, 0.25) is 0 Å². The molecule has 0 radical (unpaired) electrons. The maximum absolute atomic E-state index is 12.3. The molecule has 110 valence electrons. The van der Waals surface area contributed by atoms with Gasteiger partial charge in [-0.2, -0.15) is 0 Å². The Bertz CT molecular complexity index is 627. The van der Waals surface area contributed by atoms with Crippen LogP contribution >= 0.6 is 0 Å². The van der Waals surface area contributed by atoms with Crippen LogP contribution in [0.25, 0.3) is 0 Å². The molecule has 3 rings (SSSR count). The van der Waals surface area contributed by atoms with Crippen LogP contribution in [0.3, 0.4) is 0 Å². The van der Waals surface area contributed by atoms with E-state index in [0.29, 0.717) is 25.1 Å². The van der Waals surface area contributed by atoms with E-state index in [-0.39, 0.29) is 24.3 Å². The van der Waals surface area contributed by atoms with Crippen molar-refractivity contribution in [3.05, 3.63) is 29.3 Å². The lowest BCUT2D eigenvalue weighted by Crippen LogP contribution is -2.35. The summed E-state index contributed by atoms with van der Waals surface area (Å²) < 4.78 is 0. The minimum atomic E-state index is -0.189. The number of amides is 3. The average Bonchev–Trinajstić information content (AvgIpc) is 3.03. The molecule has 1 fully saturated rings. The normalized spacial score (nSPS) is 17.4. The molecule has 2 aliphatic rings. The number of rotatable bonds is 3. The fraction of sp³-hybridized carbons (Fsp3) is 0.400. The van der Waals surface area contributed by atoms with Gasteiger partial charge in [-0.1, -0.05) is 6.07 Å². The summed E-state index contributed by atoms with van der Waals surface area (Å²) in [6.45, 7) is 1.20. The quantitative estimate of drug-likeness (QED) is 0.881. The molecule has 6 heteroatoms. The van der Waals surface area contributed by atoms with E-state index in [2.05, 4.69) is 5.32 Å². The molecule has 6 nitrogen and oxygen atoms in total. The Morgan fingerprint density at radius 2 is 2.14 bits per heavy atom. The van der Waals surface area contributed by atoms with E-state index in [1.54, 1.807) is 18.0 Å². The first-order chi connectivity index (χ1) is 10.1. The first kappa shape index (κ1) is 13.6. The monoisotopic (exact) mass is 287 g/mol. The zero-order valence-corrected chi connectivity index (χ0v) is 11.9. The fourth-order valence-electron chi connectivity index (χ4n) is 2.82. The number of carbonyl (C=O) groups excluding carboxylic acids is 3. The Labute approximate surface area is 122 Å². The van der Waals surface area contributed by atoms with E-state index in [0.717, 1.165) is 17.7 Å². The number of nitrogens with zero attached hydrogens (tertiary/aromatic N) is 2. The third-order valence-corrected chi connectivity index (χ3v) is 3.97. The maximum atomic E-state index is 12.3. The molecule has 0 spiro atoms. The predicted molar refractivity (Wildman–Crippen MR) is 76.8 cm³/mol. The van der Waals surface area contributed by atoms with Crippen LogP contribution in [0.1, 0.15) is 28.8 Å². The van der Waals surface area contributed by atoms with E-state index in [4.69, 9.17) is 0 Å². The van der Waals surface area contributed by atoms with Gasteiger partial charge in [-0.05, 0) is 24.1 Å². The standard InChI is InChI=1S/C15H17N3O3/c1-16-13(19)9-17-8-10-4-5-11(7-12(10)15(17)21)18-6-2-3-14(18)20/h4-5,7H,2-3,6,8-9H2,1H3,(H,16,19). The van der Waals surface area contributed by atoms with Gasteiger partial charge >= 0.3 is 0 Å². The van der Waals surface area contributed by atoms with Crippen LogP contribution < -0.4 is 10.2 Å². The van der Waals surface area contributed by atoms with Gasteiger partial charge in [0, 0.05) is 37.8 Å². The Kier molecular flexibility index (Phi) is 3.37. The number of hydrogen-bond acceptors (Lipinski definition) is 3. The number of carbonyl (C=O) groups is 3. The van der Waals surface area contributed by atoms with Crippen molar-refractivity contribution in [3.8, 4) is 0 Å². The van der Waals surface area contributed by atoms with Gasteiger partial charge in [-0.3, -0.25) is 14.4 Å². The van der Waals surface area contributed by atoms with Crippen molar-refractivity contribution in [2.75, 3.05) is 25.0 Å². The molecule has 0 aliphatic carbocycles. The molecule has 0 unspecified atom stereocenters. The SMILES string of the molecule is CNC(=O)CN1Cc2ccc(N3CCCC3=O)cc2C1=O. The second kappa shape index (κ2) is 5.20. The molecule has 1 aromatic carbocycles. The lowest BCUT2D eigenvalue weighted by molar-refractivity contribution is -0.121. The maximum Gasteiger partial charge on any atom is 0.255 e. The summed E-state index contributed by atoms with van der Waals surface area (Å²) in [6, 6.07) is 5.52. The summed E-state index contributed by atoms with van der Waals surface area (Å²) in [4.78, 5) is 38.8. The molecular weight excluding hydrogens is 270 g/mol. The zero-order chi connectivity index (χ0) is 15.0. The summed E-state index contributed by atoms with van der Waals surface area (Å²) >= 11 is 0. The van der Waals surface area contributed by atoms with Crippen molar-refractivity contribution in [1.82, 2.24) is 10.2 Å². The van der Waals surface area contributed by atoms with Crippen molar-refractivity contribution >= 4 is 23.4 Å². The summed E-state index contributed by atoms with van der Waals surface area (Å²) in [5, 5.41) is 2.52. The molecular formula is C15H17N3O3. The Balaban J connectivity index is 1.84. The number of hydrogen-bond donors (Lipinski definition) is 1. The molecule has 2 heterocycles. The van der Waals surface area contributed by atoms with Gasteiger partial charge in [-0.25, -0.2) is 0 Å². The number of fused-ring (bicyclic) bond motifs is 1. The first-order valence-corrected chi connectivity index (χ1v) is 7.03.